The van der Waals surface area contributed by atoms with Gasteiger partial charge < -0.3 is 9.73 Å². The lowest BCUT2D eigenvalue weighted by Gasteiger charge is -2.03. The summed E-state index contributed by atoms with van der Waals surface area (Å²) in [5.74, 6) is 0.313. The maximum Gasteiger partial charge on any atom is 0.277 e. The van der Waals surface area contributed by atoms with Crippen molar-refractivity contribution in [2.45, 2.75) is 33.2 Å². The number of hydrogen-bond acceptors (Lipinski definition) is 4. The van der Waals surface area contributed by atoms with Crippen LogP contribution in [0.3, 0.4) is 0 Å². The predicted molar refractivity (Wildman–Crippen MR) is 66.4 cm³/mol. The molecule has 0 aliphatic carbocycles. The Balaban J connectivity index is 2.11. The summed E-state index contributed by atoms with van der Waals surface area (Å²) in [6, 6.07) is 0.258. The van der Waals surface area contributed by atoms with E-state index in [0.29, 0.717) is 23.6 Å². The highest BCUT2D eigenvalue weighted by Gasteiger charge is 2.16. The Bertz CT molecular complexity index is 542. The first kappa shape index (κ1) is 12.3. The van der Waals surface area contributed by atoms with E-state index in [2.05, 4.69) is 15.4 Å². The third kappa shape index (κ3) is 2.42. The van der Waals surface area contributed by atoms with Crippen LogP contribution in [-0.4, -0.2) is 20.7 Å². The lowest BCUT2D eigenvalue weighted by Crippen LogP contribution is -2.13. The molecule has 0 atom stereocenters. The molecule has 2 heterocycles. The number of nitrogens with zero attached hydrogens (tertiary/aromatic N) is 3. The molecule has 0 saturated carbocycles. The van der Waals surface area contributed by atoms with Crippen LogP contribution in [0.5, 0.6) is 0 Å². The van der Waals surface area contributed by atoms with Crippen molar-refractivity contribution in [3.63, 3.8) is 0 Å². The van der Waals surface area contributed by atoms with Gasteiger partial charge in [-0.15, -0.1) is 0 Å². The zero-order chi connectivity index (χ0) is 13.1. The van der Waals surface area contributed by atoms with Gasteiger partial charge >= 0.3 is 0 Å². The number of amides is 1. The standard InChI is InChI=1S/C12H16N4O2/c1-4-10-11(13-7-18-10)12(17)15-9-5-14-16(6-9)8(2)3/h5-8H,4H2,1-3H3,(H,15,17). The molecule has 6 nitrogen and oxygen atoms in total. The van der Waals surface area contributed by atoms with Gasteiger partial charge in [0.1, 0.15) is 5.76 Å². The molecule has 0 aromatic carbocycles. The fraction of sp³-hybridized carbons (Fsp3) is 0.417. The first-order valence-electron chi connectivity index (χ1n) is 5.89. The zero-order valence-electron chi connectivity index (χ0n) is 10.7. The lowest BCUT2D eigenvalue weighted by molar-refractivity contribution is 0.102. The molecule has 1 N–H and O–H groups in total. The molecule has 0 aliphatic rings. The van der Waals surface area contributed by atoms with Crippen molar-refractivity contribution in [1.82, 2.24) is 14.8 Å². The van der Waals surface area contributed by atoms with Crippen molar-refractivity contribution in [1.29, 1.82) is 0 Å². The van der Waals surface area contributed by atoms with E-state index in [1.807, 2.05) is 20.8 Å². The predicted octanol–water partition coefficient (Wildman–Crippen LogP) is 2.27. The van der Waals surface area contributed by atoms with Crippen molar-refractivity contribution in [3.05, 3.63) is 30.2 Å². The Kier molecular flexibility index (Phi) is 3.45. The summed E-state index contributed by atoms with van der Waals surface area (Å²) in [6.07, 6.45) is 5.32. The van der Waals surface area contributed by atoms with Gasteiger partial charge in [-0.1, -0.05) is 6.92 Å². The van der Waals surface area contributed by atoms with E-state index in [0.717, 1.165) is 0 Å². The summed E-state index contributed by atoms with van der Waals surface area (Å²) in [7, 11) is 0. The van der Waals surface area contributed by atoms with Crippen molar-refractivity contribution >= 4 is 11.6 Å². The second-order valence-corrected chi connectivity index (χ2v) is 4.23. The molecular weight excluding hydrogens is 232 g/mol. The maximum atomic E-state index is 12.0. The number of anilines is 1. The molecule has 0 spiro atoms. The highest BCUT2D eigenvalue weighted by atomic mass is 16.3. The zero-order valence-corrected chi connectivity index (χ0v) is 10.7. The molecular formula is C12H16N4O2. The number of carbonyl (C=O) groups is 1. The van der Waals surface area contributed by atoms with Crippen molar-refractivity contribution < 1.29 is 9.21 Å². The van der Waals surface area contributed by atoms with Gasteiger partial charge in [-0.25, -0.2) is 4.98 Å². The summed E-state index contributed by atoms with van der Waals surface area (Å²) in [5, 5.41) is 6.90. The minimum absolute atomic E-state index is 0.258. The van der Waals surface area contributed by atoms with Crippen LogP contribution in [-0.2, 0) is 6.42 Å². The molecule has 2 aromatic heterocycles. The van der Waals surface area contributed by atoms with Crippen molar-refractivity contribution in [2.24, 2.45) is 0 Å². The highest BCUT2D eigenvalue weighted by Crippen LogP contribution is 2.13. The second-order valence-electron chi connectivity index (χ2n) is 4.23. The second kappa shape index (κ2) is 5.03. The van der Waals surface area contributed by atoms with Crippen LogP contribution in [0.2, 0.25) is 0 Å². The van der Waals surface area contributed by atoms with Crippen LogP contribution in [0.15, 0.2) is 23.2 Å². The van der Waals surface area contributed by atoms with Gasteiger partial charge in [0.25, 0.3) is 5.91 Å². The van der Waals surface area contributed by atoms with Gasteiger partial charge in [0.15, 0.2) is 12.1 Å². The number of oxazole rings is 1. The molecule has 0 radical (unpaired) electrons. The SMILES string of the molecule is CCc1ocnc1C(=O)Nc1cnn(C(C)C)c1. The Morgan fingerprint density at radius 2 is 2.33 bits per heavy atom. The molecule has 18 heavy (non-hydrogen) atoms. The molecule has 0 fully saturated rings. The maximum absolute atomic E-state index is 12.0. The Labute approximate surface area is 105 Å². The molecule has 1 amide bonds. The third-order valence-corrected chi connectivity index (χ3v) is 2.57. The third-order valence-electron chi connectivity index (χ3n) is 2.57. The van der Waals surface area contributed by atoms with Gasteiger partial charge in [0.2, 0.25) is 0 Å². The summed E-state index contributed by atoms with van der Waals surface area (Å²) < 4.78 is 6.90. The fourth-order valence-electron chi connectivity index (χ4n) is 1.58. The molecule has 0 unspecified atom stereocenters. The normalized spacial score (nSPS) is 10.9. The number of aromatic nitrogens is 3. The van der Waals surface area contributed by atoms with E-state index in [-0.39, 0.29) is 11.9 Å². The molecule has 6 heteroatoms. The van der Waals surface area contributed by atoms with Crippen LogP contribution < -0.4 is 5.32 Å². The number of nitrogens with one attached hydrogen (secondary N) is 1. The Hall–Kier alpha value is -2.11. The number of hydrogen-bond donors (Lipinski definition) is 1. The van der Waals surface area contributed by atoms with Crippen molar-refractivity contribution in [3.8, 4) is 0 Å². The van der Waals surface area contributed by atoms with Crippen molar-refractivity contribution in [2.75, 3.05) is 5.32 Å². The van der Waals surface area contributed by atoms with Crippen LogP contribution >= 0.6 is 0 Å². The summed E-state index contributed by atoms with van der Waals surface area (Å²) in [5.41, 5.74) is 0.980. The van der Waals surface area contributed by atoms with E-state index in [9.17, 15) is 4.79 Å². The van der Waals surface area contributed by atoms with Gasteiger partial charge in [0, 0.05) is 18.7 Å². The number of aryl methyl sites for hydroxylation is 1. The molecule has 2 rings (SSSR count). The highest BCUT2D eigenvalue weighted by molar-refractivity contribution is 6.03. The van der Waals surface area contributed by atoms with Gasteiger partial charge in [-0.3, -0.25) is 9.48 Å². The van der Waals surface area contributed by atoms with Gasteiger partial charge in [-0.2, -0.15) is 5.10 Å². The van der Waals surface area contributed by atoms with E-state index >= 15 is 0 Å². The van der Waals surface area contributed by atoms with E-state index in [1.165, 1.54) is 6.39 Å². The smallest absolute Gasteiger partial charge is 0.277 e. The molecule has 0 bridgehead atoms. The van der Waals surface area contributed by atoms with Crippen LogP contribution in [0.4, 0.5) is 5.69 Å². The molecule has 0 aliphatic heterocycles. The molecule has 0 saturated heterocycles. The first-order valence-corrected chi connectivity index (χ1v) is 5.89. The topological polar surface area (TPSA) is 73.0 Å². The monoisotopic (exact) mass is 248 g/mol. The van der Waals surface area contributed by atoms with E-state index in [1.54, 1.807) is 17.1 Å². The number of carbonyl (C=O) groups excluding carboxylic acids is 1. The van der Waals surface area contributed by atoms with Gasteiger partial charge in [-0.05, 0) is 13.8 Å². The van der Waals surface area contributed by atoms with E-state index in [4.69, 9.17) is 4.42 Å². The fourth-order valence-corrected chi connectivity index (χ4v) is 1.58. The molecule has 96 valence electrons. The molecule has 2 aromatic rings. The average molecular weight is 248 g/mol. The van der Waals surface area contributed by atoms with Crippen LogP contribution in [0, 0.1) is 0 Å². The summed E-state index contributed by atoms with van der Waals surface area (Å²) in [6.45, 7) is 5.95. The van der Waals surface area contributed by atoms with E-state index < -0.39 is 0 Å². The quantitative estimate of drug-likeness (QED) is 0.900. The Morgan fingerprint density at radius 3 is 2.94 bits per heavy atom. The van der Waals surface area contributed by atoms with Gasteiger partial charge in [0.05, 0.1) is 11.9 Å². The largest absolute Gasteiger partial charge is 0.448 e. The minimum atomic E-state index is -0.274. The average Bonchev–Trinajstić information content (AvgIpc) is 2.96. The minimum Gasteiger partial charge on any atom is -0.448 e. The Morgan fingerprint density at radius 1 is 1.56 bits per heavy atom. The first-order chi connectivity index (χ1) is 8.61. The summed E-state index contributed by atoms with van der Waals surface area (Å²) >= 11 is 0. The van der Waals surface area contributed by atoms with Crippen LogP contribution in [0.25, 0.3) is 0 Å². The summed E-state index contributed by atoms with van der Waals surface area (Å²) in [4.78, 5) is 15.9. The lowest BCUT2D eigenvalue weighted by atomic mass is 10.2. The number of rotatable bonds is 4. The van der Waals surface area contributed by atoms with Crippen LogP contribution in [0.1, 0.15) is 43.1 Å².